The second-order valence-corrected chi connectivity index (χ2v) is 3.24. The van der Waals surface area contributed by atoms with E-state index in [0.717, 1.165) is 0 Å². The number of rotatable bonds is 8. The first-order valence-electron chi connectivity index (χ1n) is 5.71. The van der Waals surface area contributed by atoms with E-state index >= 15 is 0 Å². The summed E-state index contributed by atoms with van der Waals surface area (Å²) in [7, 11) is 0. The van der Waals surface area contributed by atoms with Gasteiger partial charge >= 0.3 is 17.9 Å². The lowest BCUT2D eigenvalue weighted by Crippen LogP contribution is -2.18. The van der Waals surface area contributed by atoms with Crippen LogP contribution in [0.4, 0.5) is 0 Å². The highest BCUT2D eigenvalue weighted by molar-refractivity contribution is 6.13. The highest BCUT2D eigenvalue weighted by atomic mass is 16.6. The summed E-state index contributed by atoms with van der Waals surface area (Å²) in [6.45, 7) is 7.11. The molecule has 0 aliphatic rings. The van der Waals surface area contributed by atoms with E-state index < -0.39 is 11.9 Å². The predicted molar refractivity (Wildman–Crippen MR) is 62.6 cm³/mol. The molecule has 0 aromatic heterocycles. The van der Waals surface area contributed by atoms with Crippen molar-refractivity contribution in [1.82, 2.24) is 0 Å². The summed E-state index contributed by atoms with van der Waals surface area (Å²) in [4.78, 5) is 33.4. The Morgan fingerprint density at radius 1 is 0.944 bits per heavy atom. The Labute approximate surface area is 106 Å². The first-order chi connectivity index (χ1) is 8.52. The van der Waals surface area contributed by atoms with E-state index in [-0.39, 0.29) is 31.2 Å². The molecular formula is C12H18O6. The third-order valence-corrected chi connectivity index (χ3v) is 1.83. The molecule has 0 unspecified atom stereocenters. The average molecular weight is 258 g/mol. The summed E-state index contributed by atoms with van der Waals surface area (Å²) >= 11 is 0. The fourth-order valence-electron chi connectivity index (χ4n) is 1.00. The van der Waals surface area contributed by atoms with Crippen LogP contribution in [0.15, 0.2) is 12.2 Å². The lowest BCUT2D eigenvalue weighted by Gasteiger charge is -2.06. The quantitative estimate of drug-likeness (QED) is 0.161. The van der Waals surface area contributed by atoms with Gasteiger partial charge in [-0.2, -0.15) is 0 Å². The molecule has 0 saturated heterocycles. The van der Waals surface area contributed by atoms with Gasteiger partial charge in [0.05, 0.1) is 19.8 Å². The molecule has 102 valence electrons. The fourth-order valence-corrected chi connectivity index (χ4v) is 1.00. The number of ether oxygens (including phenoxy) is 3. The molecule has 0 N–H and O–H groups in total. The Morgan fingerprint density at radius 2 is 1.50 bits per heavy atom. The van der Waals surface area contributed by atoms with Crippen molar-refractivity contribution in [2.24, 2.45) is 0 Å². The van der Waals surface area contributed by atoms with Gasteiger partial charge in [0.2, 0.25) is 0 Å². The second kappa shape index (κ2) is 9.21. The highest BCUT2D eigenvalue weighted by Gasteiger charge is 2.18. The van der Waals surface area contributed by atoms with Crippen LogP contribution in [0.3, 0.4) is 0 Å². The molecule has 0 heterocycles. The van der Waals surface area contributed by atoms with Gasteiger partial charge in [-0.15, -0.1) is 0 Å². The molecule has 0 bridgehead atoms. The normalized spacial score (nSPS) is 9.44. The van der Waals surface area contributed by atoms with Gasteiger partial charge in [-0.25, -0.2) is 9.59 Å². The molecule has 0 amide bonds. The molecule has 18 heavy (non-hydrogen) atoms. The maximum absolute atomic E-state index is 11.3. The van der Waals surface area contributed by atoms with Crippen LogP contribution < -0.4 is 0 Å². The van der Waals surface area contributed by atoms with Crippen LogP contribution in [0.1, 0.15) is 26.7 Å². The lowest BCUT2D eigenvalue weighted by atomic mass is 10.3. The minimum Gasteiger partial charge on any atom is -0.466 e. The molecule has 0 rings (SSSR count). The first-order valence-corrected chi connectivity index (χ1v) is 5.71. The molecule has 0 spiro atoms. The maximum atomic E-state index is 11.3. The molecule has 6 nitrogen and oxygen atoms in total. The fraction of sp³-hybridized carbons (Fsp3) is 0.583. The van der Waals surface area contributed by atoms with Crippen LogP contribution in [-0.2, 0) is 28.6 Å². The minimum absolute atomic E-state index is 0.0239. The Kier molecular flexibility index (Phi) is 8.26. The van der Waals surface area contributed by atoms with Crippen LogP contribution in [0, 0.1) is 0 Å². The summed E-state index contributed by atoms with van der Waals surface area (Å²) in [5.74, 6) is -1.98. The van der Waals surface area contributed by atoms with E-state index in [1.165, 1.54) is 0 Å². The van der Waals surface area contributed by atoms with Crippen LogP contribution in [0.25, 0.3) is 0 Å². The Balaban J connectivity index is 3.80. The molecule has 0 atom stereocenters. The van der Waals surface area contributed by atoms with Gasteiger partial charge in [0, 0.05) is 6.42 Å². The smallest absolute Gasteiger partial charge is 0.344 e. The largest absolute Gasteiger partial charge is 0.466 e. The molecule has 0 aromatic carbocycles. The SMILES string of the molecule is C=C(C(=O)OCC)C(=O)OCCCC(=O)OCC. The van der Waals surface area contributed by atoms with Crippen molar-refractivity contribution in [3.8, 4) is 0 Å². The average Bonchev–Trinajstić information content (AvgIpc) is 2.34. The van der Waals surface area contributed by atoms with Crippen molar-refractivity contribution in [2.75, 3.05) is 19.8 Å². The van der Waals surface area contributed by atoms with E-state index in [1.807, 2.05) is 0 Å². The molecule has 0 aliphatic heterocycles. The van der Waals surface area contributed by atoms with Gasteiger partial charge in [-0.05, 0) is 20.3 Å². The first kappa shape index (κ1) is 16.1. The van der Waals surface area contributed by atoms with Gasteiger partial charge in [0.15, 0.2) is 0 Å². The van der Waals surface area contributed by atoms with Crippen LogP contribution >= 0.6 is 0 Å². The number of hydrogen-bond acceptors (Lipinski definition) is 6. The van der Waals surface area contributed by atoms with E-state index in [4.69, 9.17) is 9.47 Å². The van der Waals surface area contributed by atoms with Crippen molar-refractivity contribution in [2.45, 2.75) is 26.7 Å². The molecule has 0 aromatic rings. The standard InChI is InChI=1S/C12H18O6/c1-4-16-10(13)7-6-8-18-12(15)9(3)11(14)17-5-2/h3-8H2,1-2H3. The number of carbonyl (C=O) groups excluding carboxylic acids is 3. The maximum Gasteiger partial charge on any atom is 0.344 e. The number of carbonyl (C=O) groups is 3. The summed E-state index contributed by atoms with van der Waals surface area (Å²) in [6, 6.07) is 0. The van der Waals surface area contributed by atoms with Crippen molar-refractivity contribution in [3.05, 3.63) is 12.2 Å². The predicted octanol–water partition coefficient (Wildman–Crippen LogP) is 0.992. The summed E-state index contributed by atoms with van der Waals surface area (Å²) in [6.07, 6.45) is 0.494. The Morgan fingerprint density at radius 3 is 2.06 bits per heavy atom. The second-order valence-electron chi connectivity index (χ2n) is 3.24. The van der Waals surface area contributed by atoms with Crippen molar-refractivity contribution < 1.29 is 28.6 Å². The Hall–Kier alpha value is -1.85. The zero-order chi connectivity index (χ0) is 14.0. The zero-order valence-electron chi connectivity index (χ0n) is 10.7. The van der Waals surface area contributed by atoms with Crippen LogP contribution in [0.2, 0.25) is 0 Å². The summed E-state index contributed by atoms with van der Waals surface area (Å²) < 4.78 is 14.0. The third-order valence-electron chi connectivity index (χ3n) is 1.83. The van der Waals surface area contributed by atoms with Gasteiger partial charge in [0.25, 0.3) is 0 Å². The molecule has 6 heteroatoms. The van der Waals surface area contributed by atoms with Gasteiger partial charge in [0.1, 0.15) is 5.57 Å². The molecule has 0 aliphatic carbocycles. The van der Waals surface area contributed by atoms with Gasteiger partial charge in [-0.1, -0.05) is 6.58 Å². The van der Waals surface area contributed by atoms with E-state index in [1.54, 1.807) is 13.8 Å². The summed E-state index contributed by atoms with van der Waals surface area (Å²) in [5.41, 5.74) is -0.354. The highest BCUT2D eigenvalue weighted by Crippen LogP contribution is 2.01. The minimum atomic E-state index is -0.836. The zero-order valence-corrected chi connectivity index (χ0v) is 10.7. The molecule has 0 fully saturated rings. The van der Waals surface area contributed by atoms with Crippen LogP contribution in [-0.4, -0.2) is 37.7 Å². The monoisotopic (exact) mass is 258 g/mol. The summed E-state index contributed by atoms with van der Waals surface area (Å²) in [5, 5.41) is 0. The van der Waals surface area contributed by atoms with E-state index in [9.17, 15) is 14.4 Å². The van der Waals surface area contributed by atoms with Crippen molar-refractivity contribution in [3.63, 3.8) is 0 Å². The molecule has 0 saturated carbocycles. The van der Waals surface area contributed by atoms with Gasteiger partial charge in [-0.3, -0.25) is 4.79 Å². The van der Waals surface area contributed by atoms with Crippen molar-refractivity contribution >= 4 is 17.9 Å². The number of hydrogen-bond donors (Lipinski definition) is 0. The molecule has 0 radical (unpaired) electrons. The van der Waals surface area contributed by atoms with E-state index in [0.29, 0.717) is 13.0 Å². The lowest BCUT2D eigenvalue weighted by molar-refractivity contribution is -0.149. The Bertz CT molecular complexity index is 321. The molecular weight excluding hydrogens is 240 g/mol. The van der Waals surface area contributed by atoms with Crippen LogP contribution in [0.5, 0.6) is 0 Å². The van der Waals surface area contributed by atoms with Gasteiger partial charge < -0.3 is 14.2 Å². The number of esters is 3. The van der Waals surface area contributed by atoms with E-state index in [2.05, 4.69) is 11.3 Å². The third kappa shape index (κ3) is 6.67. The topological polar surface area (TPSA) is 78.9 Å². The van der Waals surface area contributed by atoms with Crippen molar-refractivity contribution in [1.29, 1.82) is 0 Å².